The van der Waals surface area contributed by atoms with Crippen LogP contribution in [-0.2, 0) is 11.2 Å². The first-order valence-electron chi connectivity index (χ1n) is 4.70. The zero-order valence-corrected chi connectivity index (χ0v) is 9.29. The van der Waals surface area contributed by atoms with Crippen molar-refractivity contribution in [3.8, 4) is 0 Å². The van der Waals surface area contributed by atoms with Crippen LogP contribution in [0.5, 0.6) is 0 Å². The molecule has 0 saturated heterocycles. The first-order chi connectivity index (χ1) is 7.18. The molecule has 3 nitrogen and oxygen atoms in total. The van der Waals surface area contributed by atoms with Crippen LogP contribution >= 0.6 is 11.6 Å². The van der Waals surface area contributed by atoms with Crippen molar-refractivity contribution < 1.29 is 4.79 Å². The van der Waals surface area contributed by atoms with E-state index in [1.54, 1.807) is 13.1 Å². The molecule has 1 heterocycles. The highest BCUT2D eigenvalue weighted by molar-refractivity contribution is 6.30. The lowest BCUT2D eigenvalue weighted by molar-refractivity contribution is -0.116. The minimum Gasteiger partial charge on any atom is -0.352 e. The maximum Gasteiger partial charge on any atom is 0.245 e. The van der Waals surface area contributed by atoms with Gasteiger partial charge in [-0.1, -0.05) is 17.7 Å². The lowest BCUT2D eigenvalue weighted by Gasteiger charge is -2.01. The van der Waals surface area contributed by atoms with Gasteiger partial charge in [-0.15, -0.1) is 0 Å². The smallest absolute Gasteiger partial charge is 0.245 e. The zero-order valence-electron chi connectivity index (χ0n) is 8.53. The molecule has 1 amide bonds. The number of aromatic nitrogens is 1. The summed E-state index contributed by atoms with van der Waals surface area (Å²) >= 11 is 5.56. The SMILES string of the molecule is C/C(Cl)=C/C(=O)NCCc1ccccn1. The Labute approximate surface area is 94.2 Å². The van der Waals surface area contributed by atoms with E-state index in [2.05, 4.69) is 10.3 Å². The van der Waals surface area contributed by atoms with Crippen LogP contribution in [-0.4, -0.2) is 17.4 Å². The number of rotatable bonds is 4. The quantitative estimate of drug-likeness (QED) is 0.794. The molecule has 1 rings (SSSR count). The first-order valence-corrected chi connectivity index (χ1v) is 5.08. The molecule has 0 aromatic carbocycles. The Morgan fingerprint density at radius 2 is 2.40 bits per heavy atom. The number of nitrogens with one attached hydrogen (secondary N) is 1. The van der Waals surface area contributed by atoms with E-state index < -0.39 is 0 Å². The van der Waals surface area contributed by atoms with Crippen molar-refractivity contribution in [3.63, 3.8) is 0 Å². The van der Waals surface area contributed by atoms with Crippen LogP contribution in [0.15, 0.2) is 35.5 Å². The molecule has 0 spiro atoms. The van der Waals surface area contributed by atoms with Crippen molar-refractivity contribution in [1.82, 2.24) is 10.3 Å². The molecule has 1 N–H and O–H groups in total. The standard InChI is InChI=1S/C11H13ClN2O/c1-9(12)8-11(15)14-7-5-10-4-2-3-6-13-10/h2-4,6,8H,5,7H2,1H3,(H,14,15)/b9-8-. The van der Waals surface area contributed by atoms with Crippen molar-refractivity contribution in [2.75, 3.05) is 6.54 Å². The molecule has 0 unspecified atom stereocenters. The number of halogens is 1. The Hall–Kier alpha value is -1.35. The van der Waals surface area contributed by atoms with Gasteiger partial charge in [-0.2, -0.15) is 0 Å². The fourth-order valence-corrected chi connectivity index (χ4v) is 1.19. The zero-order chi connectivity index (χ0) is 11.1. The minimum atomic E-state index is -0.168. The molecule has 0 aliphatic heterocycles. The highest BCUT2D eigenvalue weighted by Crippen LogP contribution is 1.97. The first kappa shape index (κ1) is 11.7. The van der Waals surface area contributed by atoms with Crippen LogP contribution < -0.4 is 5.32 Å². The Balaban J connectivity index is 2.28. The number of nitrogens with zero attached hydrogens (tertiary/aromatic N) is 1. The van der Waals surface area contributed by atoms with Crippen LogP contribution in [0.25, 0.3) is 0 Å². The van der Waals surface area contributed by atoms with Gasteiger partial charge in [-0.05, 0) is 19.1 Å². The number of hydrogen-bond donors (Lipinski definition) is 1. The third kappa shape index (κ3) is 5.18. The van der Waals surface area contributed by atoms with Gasteiger partial charge in [0.05, 0.1) is 0 Å². The molecular formula is C11H13ClN2O. The van der Waals surface area contributed by atoms with Gasteiger partial charge in [0.15, 0.2) is 0 Å². The summed E-state index contributed by atoms with van der Waals surface area (Å²) in [7, 11) is 0. The molecule has 0 aliphatic rings. The maximum atomic E-state index is 11.2. The maximum absolute atomic E-state index is 11.2. The molecule has 1 aromatic heterocycles. The van der Waals surface area contributed by atoms with Gasteiger partial charge in [0.2, 0.25) is 5.91 Å². The summed E-state index contributed by atoms with van der Waals surface area (Å²) in [5, 5.41) is 3.20. The molecule has 0 atom stereocenters. The van der Waals surface area contributed by atoms with E-state index in [-0.39, 0.29) is 5.91 Å². The topological polar surface area (TPSA) is 42.0 Å². The highest BCUT2D eigenvalue weighted by atomic mass is 35.5. The van der Waals surface area contributed by atoms with Gasteiger partial charge in [-0.25, -0.2) is 0 Å². The highest BCUT2D eigenvalue weighted by Gasteiger charge is 1.97. The van der Waals surface area contributed by atoms with Gasteiger partial charge in [0.1, 0.15) is 0 Å². The molecule has 1 aromatic rings. The summed E-state index contributed by atoms with van der Waals surface area (Å²) in [5.74, 6) is -0.168. The normalized spacial score (nSPS) is 11.2. The average molecular weight is 225 g/mol. The van der Waals surface area contributed by atoms with Crippen LogP contribution in [0.1, 0.15) is 12.6 Å². The summed E-state index contributed by atoms with van der Waals surface area (Å²) < 4.78 is 0. The van der Waals surface area contributed by atoms with E-state index in [0.29, 0.717) is 11.6 Å². The summed E-state index contributed by atoms with van der Waals surface area (Å²) in [6.07, 6.45) is 3.82. The number of pyridine rings is 1. The van der Waals surface area contributed by atoms with Crippen LogP contribution in [0, 0.1) is 0 Å². The second kappa shape index (κ2) is 6.19. The van der Waals surface area contributed by atoms with Gasteiger partial charge in [0, 0.05) is 36.0 Å². The second-order valence-electron chi connectivity index (χ2n) is 3.09. The Bertz CT molecular complexity index is 345. The third-order valence-electron chi connectivity index (χ3n) is 1.74. The number of hydrogen-bond acceptors (Lipinski definition) is 2. The predicted molar refractivity (Wildman–Crippen MR) is 60.6 cm³/mol. The van der Waals surface area contributed by atoms with Gasteiger partial charge >= 0.3 is 0 Å². The van der Waals surface area contributed by atoms with E-state index in [9.17, 15) is 4.79 Å². The van der Waals surface area contributed by atoms with Crippen molar-refractivity contribution in [2.24, 2.45) is 0 Å². The summed E-state index contributed by atoms with van der Waals surface area (Å²) in [4.78, 5) is 15.3. The largest absolute Gasteiger partial charge is 0.352 e. The molecule has 0 aliphatic carbocycles. The summed E-state index contributed by atoms with van der Waals surface area (Å²) in [5.41, 5.74) is 0.962. The van der Waals surface area contributed by atoms with Crippen molar-refractivity contribution in [3.05, 3.63) is 41.2 Å². The Morgan fingerprint density at radius 1 is 1.60 bits per heavy atom. The van der Waals surface area contributed by atoms with E-state index in [1.165, 1.54) is 6.08 Å². The predicted octanol–water partition coefficient (Wildman–Crippen LogP) is 1.88. The van der Waals surface area contributed by atoms with Crippen molar-refractivity contribution in [2.45, 2.75) is 13.3 Å². The minimum absolute atomic E-state index is 0.168. The average Bonchev–Trinajstić information content (AvgIpc) is 2.18. The number of carbonyl (C=O) groups excluding carboxylic acids is 1. The molecule has 0 radical (unpaired) electrons. The van der Waals surface area contributed by atoms with Gasteiger partial charge in [0.25, 0.3) is 0 Å². The number of amides is 1. The second-order valence-corrected chi connectivity index (χ2v) is 3.69. The number of carbonyl (C=O) groups is 1. The van der Waals surface area contributed by atoms with E-state index >= 15 is 0 Å². The molecule has 4 heteroatoms. The van der Waals surface area contributed by atoms with Crippen molar-refractivity contribution >= 4 is 17.5 Å². The lowest BCUT2D eigenvalue weighted by atomic mass is 10.3. The van der Waals surface area contributed by atoms with E-state index in [1.807, 2.05) is 18.2 Å². The molecular weight excluding hydrogens is 212 g/mol. The van der Waals surface area contributed by atoms with Crippen LogP contribution in [0.2, 0.25) is 0 Å². The third-order valence-corrected chi connectivity index (χ3v) is 1.85. The number of allylic oxidation sites excluding steroid dienone is 1. The van der Waals surface area contributed by atoms with Gasteiger partial charge < -0.3 is 5.32 Å². The summed E-state index contributed by atoms with van der Waals surface area (Å²) in [6, 6.07) is 5.71. The fourth-order valence-electron chi connectivity index (χ4n) is 1.09. The molecule has 0 bridgehead atoms. The molecule has 0 saturated carbocycles. The fraction of sp³-hybridized carbons (Fsp3) is 0.273. The Kier molecular flexibility index (Phi) is 4.84. The lowest BCUT2D eigenvalue weighted by Crippen LogP contribution is -2.23. The van der Waals surface area contributed by atoms with E-state index in [4.69, 9.17) is 11.6 Å². The molecule has 80 valence electrons. The molecule has 15 heavy (non-hydrogen) atoms. The van der Waals surface area contributed by atoms with E-state index in [0.717, 1.165) is 12.1 Å². The summed E-state index contributed by atoms with van der Waals surface area (Å²) in [6.45, 7) is 2.23. The van der Waals surface area contributed by atoms with Crippen molar-refractivity contribution in [1.29, 1.82) is 0 Å². The Morgan fingerprint density at radius 3 is 3.00 bits per heavy atom. The van der Waals surface area contributed by atoms with Crippen LogP contribution in [0.3, 0.4) is 0 Å². The van der Waals surface area contributed by atoms with Gasteiger partial charge in [-0.3, -0.25) is 9.78 Å². The van der Waals surface area contributed by atoms with Crippen LogP contribution in [0.4, 0.5) is 0 Å². The monoisotopic (exact) mass is 224 g/mol. The molecule has 0 fully saturated rings.